The lowest BCUT2D eigenvalue weighted by Gasteiger charge is -2.33. The Morgan fingerprint density at radius 1 is 1.03 bits per heavy atom. The highest BCUT2D eigenvalue weighted by atomic mass is 16.6. The van der Waals surface area contributed by atoms with Crippen LogP contribution in [0.4, 0.5) is 0 Å². The maximum Gasteiger partial charge on any atom is 0.376 e. The average Bonchev–Trinajstić information content (AvgIpc) is 2.48. The average molecular weight is 426 g/mol. The van der Waals surface area contributed by atoms with Crippen LogP contribution in [0.15, 0.2) is 12.2 Å². The molecule has 6 nitrogen and oxygen atoms in total. The number of esters is 1. The number of carbonyl (C=O) groups is 2. The molecule has 0 aromatic carbocycles. The van der Waals surface area contributed by atoms with E-state index in [1.54, 1.807) is 11.5 Å². The largest absolute Gasteiger partial charge is 0.455 e. The van der Waals surface area contributed by atoms with Gasteiger partial charge in [-0.25, -0.2) is 9.37 Å². The Hall–Kier alpha value is -1.69. The Labute approximate surface area is 184 Å². The molecule has 174 valence electrons. The Kier molecular flexibility index (Phi) is 10.5. The minimum atomic E-state index is -0.580. The third-order valence-electron chi connectivity index (χ3n) is 4.24. The van der Waals surface area contributed by atoms with E-state index in [9.17, 15) is 9.59 Å². The molecule has 0 aliphatic carbocycles. The van der Waals surface area contributed by atoms with Crippen LogP contribution in [0.5, 0.6) is 0 Å². The predicted molar refractivity (Wildman–Crippen MR) is 123 cm³/mol. The van der Waals surface area contributed by atoms with E-state index >= 15 is 0 Å². The van der Waals surface area contributed by atoms with E-state index in [-0.39, 0.29) is 28.9 Å². The van der Waals surface area contributed by atoms with Crippen molar-refractivity contribution in [1.29, 1.82) is 0 Å². The third-order valence-corrected chi connectivity index (χ3v) is 4.24. The van der Waals surface area contributed by atoms with Crippen molar-refractivity contribution in [1.82, 2.24) is 5.32 Å². The quantitative estimate of drug-likeness (QED) is 0.141. The Morgan fingerprint density at radius 3 is 1.97 bits per heavy atom. The van der Waals surface area contributed by atoms with E-state index in [0.29, 0.717) is 31.6 Å². The predicted octanol–water partition coefficient (Wildman–Crippen LogP) is 4.32. The maximum absolute atomic E-state index is 13.0. The van der Waals surface area contributed by atoms with Gasteiger partial charge in [-0.2, -0.15) is 0 Å². The van der Waals surface area contributed by atoms with E-state index in [4.69, 9.17) is 9.47 Å². The fourth-order valence-corrected chi connectivity index (χ4v) is 2.95. The van der Waals surface area contributed by atoms with Crippen molar-refractivity contribution in [3.05, 3.63) is 12.2 Å². The van der Waals surface area contributed by atoms with Crippen LogP contribution in [0.2, 0.25) is 0 Å². The summed E-state index contributed by atoms with van der Waals surface area (Å²) in [5, 5.41) is 2.80. The molecular weight excluding hydrogens is 380 g/mol. The molecule has 0 radical (unpaired) electrons. The number of hydrogen-bond acceptors (Lipinski definition) is 4. The summed E-state index contributed by atoms with van der Waals surface area (Å²) in [5.41, 5.74) is -0.510. The first-order valence-corrected chi connectivity index (χ1v) is 10.7. The number of nitrogens with zero attached hydrogens (tertiary/aromatic N) is 1. The molecule has 0 saturated heterocycles. The summed E-state index contributed by atoms with van der Waals surface area (Å²) in [7, 11) is 0. The van der Waals surface area contributed by atoms with Gasteiger partial charge in [0.05, 0.1) is 6.61 Å². The first-order chi connectivity index (χ1) is 13.3. The van der Waals surface area contributed by atoms with Gasteiger partial charge in [-0.05, 0) is 39.5 Å². The van der Waals surface area contributed by atoms with Crippen LogP contribution in [0, 0.1) is 10.8 Å². The van der Waals surface area contributed by atoms with Gasteiger partial charge in [-0.3, -0.25) is 4.79 Å². The minimum absolute atomic E-state index is 0.0227. The zero-order valence-electron chi connectivity index (χ0n) is 21.0. The monoisotopic (exact) mass is 425 g/mol. The van der Waals surface area contributed by atoms with Crippen LogP contribution in [0.25, 0.3) is 0 Å². The van der Waals surface area contributed by atoms with Crippen LogP contribution >= 0.6 is 0 Å². The van der Waals surface area contributed by atoms with Gasteiger partial charge in [0.1, 0.15) is 12.3 Å². The van der Waals surface area contributed by atoms with Gasteiger partial charge in [0, 0.05) is 24.0 Å². The van der Waals surface area contributed by atoms with Crippen molar-refractivity contribution in [2.24, 2.45) is 10.8 Å². The number of nitrogens with one attached hydrogen (secondary N) is 1. The molecule has 0 bridgehead atoms. The molecule has 0 aromatic rings. The summed E-state index contributed by atoms with van der Waals surface area (Å²) >= 11 is 0. The lowest BCUT2D eigenvalue weighted by molar-refractivity contribution is -0.641. The standard InChI is InChI=1S/C24H44N2O4/c1-17(2)20(27)25-14-13-15-29-18(16-22(3,4)5)26(12)19(23(6,7)8)21(28)30-24(9,10)11/h18-19H,1,12-16H2,2-11H3/p+1. The van der Waals surface area contributed by atoms with E-state index in [1.165, 1.54) is 0 Å². The third kappa shape index (κ3) is 11.5. The van der Waals surface area contributed by atoms with Crippen molar-refractivity contribution in [3.8, 4) is 0 Å². The van der Waals surface area contributed by atoms with Crippen molar-refractivity contribution in [2.75, 3.05) is 13.2 Å². The van der Waals surface area contributed by atoms with E-state index in [0.717, 1.165) is 0 Å². The molecule has 1 N–H and O–H groups in total. The van der Waals surface area contributed by atoms with Crippen LogP contribution in [-0.4, -0.2) is 54.2 Å². The fourth-order valence-electron chi connectivity index (χ4n) is 2.95. The zero-order valence-corrected chi connectivity index (χ0v) is 21.0. The summed E-state index contributed by atoms with van der Waals surface area (Å²) in [4.78, 5) is 24.6. The lowest BCUT2D eigenvalue weighted by atomic mass is 9.84. The summed E-state index contributed by atoms with van der Waals surface area (Å²) in [6.07, 6.45) is 0.989. The highest BCUT2D eigenvalue weighted by Gasteiger charge is 2.46. The van der Waals surface area contributed by atoms with Gasteiger partial charge in [-0.15, -0.1) is 0 Å². The van der Waals surface area contributed by atoms with E-state index in [1.807, 2.05) is 41.5 Å². The number of rotatable bonds is 10. The smallest absolute Gasteiger partial charge is 0.376 e. The second-order valence-electron chi connectivity index (χ2n) is 11.3. The summed E-state index contributed by atoms with van der Waals surface area (Å²) in [6.45, 7) is 28.4. The molecule has 0 spiro atoms. The lowest BCUT2D eigenvalue weighted by Crippen LogP contribution is -2.51. The van der Waals surface area contributed by atoms with Crippen molar-refractivity contribution in [2.45, 2.75) is 99.9 Å². The van der Waals surface area contributed by atoms with Crippen LogP contribution in [-0.2, 0) is 19.1 Å². The van der Waals surface area contributed by atoms with Crippen molar-refractivity contribution < 1.29 is 23.6 Å². The summed E-state index contributed by atoms with van der Waals surface area (Å²) < 4.78 is 13.6. The second-order valence-corrected chi connectivity index (χ2v) is 11.3. The fraction of sp³-hybridized carbons (Fsp3) is 0.792. The molecule has 0 saturated carbocycles. The molecule has 0 aromatic heterocycles. The van der Waals surface area contributed by atoms with Gasteiger partial charge in [-0.1, -0.05) is 48.1 Å². The molecule has 2 unspecified atom stereocenters. The number of carbonyl (C=O) groups excluding carboxylic acids is 2. The Morgan fingerprint density at radius 2 is 1.57 bits per heavy atom. The van der Waals surface area contributed by atoms with E-state index in [2.05, 4.69) is 39.4 Å². The van der Waals surface area contributed by atoms with Crippen molar-refractivity contribution >= 4 is 18.6 Å². The van der Waals surface area contributed by atoms with Crippen LogP contribution < -0.4 is 5.32 Å². The molecule has 0 rings (SSSR count). The minimum Gasteiger partial charge on any atom is -0.455 e. The highest BCUT2D eigenvalue weighted by Crippen LogP contribution is 2.30. The molecule has 0 fully saturated rings. The summed E-state index contributed by atoms with van der Waals surface area (Å²) in [5.74, 6) is -0.459. The Bertz CT molecular complexity index is 619. The number of ether oxygens (including phenoxy) is 2. The molecule has 0 aliphatic rings. The molecule has 0 heterocycles. The zero-order chi connectivity index (χ0) is 23.9. The van der Waals surface area contributed by atoms with Gasteiger partial charge < -0.3 is 14.8 Å². The van der Waals surface area contributed by atoms with Gasteiger partial charge >= 0.3 is 5.97 Å². The highest BCUT2D eigenvalue weighted by molar-refractivity contribution is 5.92. The molecule has 0 aliphatic heterocycles. The molecule has 30 heavy (non-hydrogen) atoms. The van der Waals surface area contributed by atoms with Crippen LogP contribution in [0.1, 0.15) is 82.1 Å². The molecule has 1 amide bonds. The van der Waals surface area contributed by atoms with Crippen molar-refractivity contribution in [3.63, 3.8) is 0 Å². The van der Waals surface area contributed by atoms with Crippen LogP contribution in [0.3, 0.4) is 0 Å². The molecule has 6 heteroatoms. The summed E-state index contributed by atoms with van der Waals surface area (Å²) in [6, 6.07) is -0.563. The molecular formula is C24H45N2O4+. The topological polar surface area (TPSA) is 67.6 Å². The van der Waals surface area contributed by atoms with Gasteiger partial charge in [0.25, 0.3) is 12.3 Å². The molecule has 2 atom stereocenters. The second kappa shape index (κ2) is 11.1. The number of amides is 1. The maximum atomic E-state index is 13.0. The van der Waals surface area contributed by atoms with E-state index < -0.39 is 11.6 Å². The van der Waals surface area contributed by atoms with Gasteiger partial charge in [0.2, 0.25) is 5.91 Å². The number of hydrogen-bond donors (Lipinski definition) is 1. The normalized spacial score (nSPS) is 14.6. The first kappa shape index (κ1) is 28.3. The SMILES string of the molecule is C=C(C)C(=O)NCCCOC(CC(C)(C)C)[N+](=C)C(C(=O)OC(C)(C)C)C(C)(C)C. The van der Waals surface area contributed by atoms with Gasteiger partial charge in [0.15, 0.2) is 0 Å². The Balaban J connectivity index is 5.34. The first-order valence-electron chi connectivity index (χ1n) is 10.7.